The highest BCUT2D eigenvalue weighted by atomic mass is 32.2. The molecule has 3 heterocycles. The summed E-state index contributed by atoms with van der Waals surface area (Å²) in [7, 11) is -3.95. The number of hydrogen-bond acceptors (Lipinski definition) is 7. The average Bonchev–Trinajstić information content (AvgIpc) is 3.29. The quantitative estimate of drug-likeness (QED) is 0.501. The molecule has 1 aromatic heterocycles. The fourth-order valence-corrected chi connectivity index (χ4v) is 6.65. The fraction of sp³-hybridized carbons (Fsp3) is 0.500. The van der Waals surface area contributed by atoms with E-state index in [1.165, 1.54) is 22.5 Å². The molecule has 9 nitrogen and oxygen atoms in total. The number of likely N-dealkylation sites (tertiary alicyclic amines) is 1. The van der Waals surface area contributed by atoms with Crippen molar-refractivity contribution in [2.24, 2.45) is 11.8 Å². The Bertz CT molecular complexity index is 1270. The molecule has 2 aromatic rings. The third-order valence-electron chi connectivity index (χ3n) is 6.91. The van der Waals surface area contributed by atoms with E-state index in [2.05, 4.69) is 5.16 Å². The molecule has 1 aromatic carbocycles. The second kappa shape index (κ2) is 11.6. The molecule has 0 saturated carbocycles. The van der Waals surface area contributed by atoms with Crippen LogP contribution in [0.15, 0.2) is 33.7 Å². The predicted octanol–water partition coefficient (Wildman–Crippen LogP) is 3.49. The monoisotopic (exact) mass is 533 g/mol. The van der Waals surface area contributed by atoms with Gasteiger partial charge in [-0.15, -0.1) is 0 Å². The number of benzene rings is 1. The van der Waals surface area contributed by atoms with Gasteiger partial charge in [-0.2, -0.15) is 4.31 Å². The zero-order valence-electron chi connectivity index (χ0n) is 21.1. The number of aryl methyl sites for hydroxylation is 1. The van der Waals surface area contributed by atoms with Crippen molar-refractivity contribution in [1.82, 2.24) is 14.4 Å². The average molecular weight is 534 g/mol. The number of ether oxygens (including phenoxy) is 1. The summed E-state index contributed by atoms with van der Waals surface area (Å²) >= 11 is 0. The summed E-state index contributed by atoms with van der Waals surface area (Å²) in [5, 5.41) is 3.83. The molecule has 2 fully saturated rings. The summed E-state index contributed by atoms with van der Waals surface area (Å²) in [6.07, 6.45) is 5.04. The lowest BCUT2D eigenvalue weighted by atomic mass is 9.93. The van der Waals surface area contributed by atoms with Crippen LogP contribution < -0.4 is 0 Å². The van der Waals surface area contributed by atoms with Crippen LogP contribution in [0.5, 0.6) is 0 Å². The van der Waals surface area contributed by atoms with Gasteiger partial charge in [-0.1, -0.05) is 23.4 Å². The number of piperidine rings is 2. The number of carbonyl (C=O) groups is 2. The smallest absolute Gasteiger partial charge is 0.310 e. The Balaban J connectivity index is 1.42. The van der Waals surface area contributed by atoms with Crippen LogP contribution in [0.4, 0.5) is 4.39 Å². The van der Waals surface area contributed by atoms with Gasteiger partial charge in [-0.05, 0) is 57.7 Å². The highest BCUT2D eigenvalue weighted by Gasteiger charge is 2.38. The first-order valence-electron chi connectivity index (χ1n) is 12.6. The Hall–Kier alpha value is -3.05. The van der Waals surface area contributed by atoms with E-state index < -0.39 is 15.8 Å². The highest BCUT2D eigenvalue weighted by Crippen LogP contribution is 2.31. The van der Waals surface area contributed by atoms with Gasteiger partial charge in [0.2, 0.25) is 15.9 Å². The number of sulfonamides is 1. The molecule has 1 amide bonds. The summed E-state index contributed by atoms with van der Waals surface area (Å²) in [5.41, 5.74) is 0.506. The van der Waals surface area contributed by atoms with Crippen molar-refractivity contribution in [3.63, 3.8) is 0 Å². The van der Waals surface area contributed by atoms with Crippen molar-refractivity contribution >= 4 is 34.1 Å². The highest BCUT2D eigenvalue weighted by molar-refractivity contribution is 7.89. The zero-order valence-corrected chi connectivity index (χ0v) is 21.9. The van der Waals surface area contributed by atoms with Crippen LogP contribution in [0.3, 0.4) is 0 Å². The molecule has 0 unspecified atom stereocenters. The van der Waals surface area contributed by atoms with E-state index in [0.29, 0.717) is 44.5 Å². The SMILES string of the molecule is CCOC(=O)[C@H]1CCCN(C(=O)C2CCN(S(=O)(=O)c3c(C)noc3/C=C/c3ccccc3F)CC2)C1. The van der Waals surface area contributed by atoms with Crippen molar-refractivity contribution in [2.45, 2.75) is 44.4 Å². The molecule has 37 heavy (non-hydrogen) atoms. The molecule has 2 aliphatic rings. The maximum atomic E-state index is 14.0. The first-order valence-corrected chi connectivity index (χ1v) is 14.0. The van der Waals surface area contributed by atoms with Crippen LogP contribution in [-0.2, 0) is 24.3 Å². The third kappa shape index (κ3) is 5.93. The molecule has 1 atom stereocenters. The number of rotatable bonds is 7. The summed E-state index contributed by atoms with van der Waals surface area (Å²) in [6.45, 7) is 4.89. The molecule has 2 aliphatic heterocycles. The normalized spacial score (nSPS) is 19.9. The number of halogens is 1. The Labute approximate surface area is 216 Å². The lowest BCUT2D eigenvalue weighted by Crippen LogP contribution is -2.48. The Morgan fingerprint density at radius 2 is 1.86 bits per heavy atom. The largest absolute Gasteiger partial charge is 0.466 e. The van der Waals surface area contributed by atoms with Gasteiger partial charge in [-0.3, -0.25) is 9.59 Å². The molecule has 0 aliphatic carbocycles. The minimum absolute atomic E-state index is 0.0253. The Kier molecular flexibility index (Phi) is 8.43. The molecule has 200 valence electrons. The Morgan fingerprint density at radius 1 is 1.14 bits per heavy atom. The summed E-state index contributed by atoms with van der Waals surface area (Å²) in [4.78, 5) is 27.0. The van der Waals surface area contributed by atoms with E-state index in [1.54, 1.807) is 36.9 Å². The minimum atomic E-state index is -3.95. The van der Waals surface area contributed by atoms with Crippen LogP contribution in [0.1, 0.15) is 49.6 Å². The standard InChI is InChI=1S/C26H32FN3O6S/c1-3-35-26(32)21-8-6-14-29(17-21)25(31)20-12-15-30(16-13-20)37(33,34)24-18(2)28-36-23(24)11-10-19-7-4-5-9-22(19)27/h4-5,7,9-11,20-21H,3,6,8,12-17H2,1-2H3/b11-10+/t21-/m0/s1. The Morgan fingerprint density at radius 3 is 2.57 bits per heavy atom. The molecule has 0 bridgehead atoms. The second-order valence-corrected chi connectivity index (χ2v) is 11.2. The minimum Gasteiger partial charge on any atom is -0.466 e. The van der Waals surface area contributed by atoms with Crippen molar-refractivity contribution in [3.8, 4) is 0 Å². The van der Waals surface area contributed by atoms with Crippen molar-refractivity contribution in [2.75, 3.05) is 32.8 Å². The number of esters is 1. The number of carbonyl (C=O) groups excluding carboxylic acids is 2. The molecule has 0 radical (unpaired) electrons. The topological polar surface area (TPSA) is 110 Å². The van der Waals surface area contributed by atoms with Gasteiger partial charge in [0.1, 0.15) is 11.5 Å². The number of hydrogen-bond donors (Lipinski definition) is 0. The van der Waals surface area contributed by atoms with Crippen molar-refractivity contribution in [1.29, 1.82) is 0 Å². The van der Waals surface area contributed by atoms with E-state index in [9.17, 15) is 22.4 Å². The van der Waals surface area contributed by atoms with Gasteiger partial charge < -0.3 is 14.2 Å². The van der Waals surface area contributed by atoms with E-state index >= 15 is 0 Å². The molecule has 11 heteroatoms. The van der Waals surface area contributed by atoms with Crippen LogP contribution >= 0.6 is 0 Å². The van der Waals surface area contributed by atoms with Gasteiger partial charge >= 0.3 is 5.97 Å². The van der Waals surface area contributed by atoms with Crippen LogP contribution in [-0.4, -0.2) is 67.4 Å². The summed E-state index contributed by atoms with van der Waals surface area (Å²) in [6, 6.07) is 6.13. The summed E-state index contributed by atoms with van der Waals surface area (Å²) in [5.74, 6) is -1.35. The van der Waals surface area contributed by atoms with Gasteiger partial charge in [0.05, 0.1) is 12.5 Å². The third-order valence-corrected chi connectivity index (χ3v) is 8.96. The van der Waals surface area contributed by atoms with Crippen LogP contribution in [0.25, 0.3) is 12.2 Å². The lowest BCUT2D eigenvalue weighted by molar-refractivity contribution is -0.152. The predicted molar refractivity (Wildman–Crippen MR) is 134 cm³/mol. The maximum Gasteiger partial charge on any atom is 0.310 e. The molecular weight excluding hydrogens is 501 g/mol. The molecule has 0 N–H and O–H groups in total. The van der Waals surface area contributed by atoms with Gasteiger partial charge in [0, 0.05) is 37.7 Å². The molecule has 2 saturated heterocycles. The number of amides is 1. The molecule has 4 rings (SSSR count). The maximum absolute atomic E-state index is 14.0. The van der Waals surface area contributed by atoms with Crippen molar-refractivity contribution < 1.29 is 31.7 Å². The first-order chi connectivity index (χ1) is 17.7. The van der Waals surface area contributed by atoms with Gasteiger partial charge in [0.25, 0.3) is 0 Å². The fourth-order valence-electron chi connectivity index (χ4n) is 4.93. The first kappa shape index (κ1) is 27.0. The second-order valence-electron chi connectivity index (χ2n) is 9.37. The van der Waals surface area contributed by atoms with Gasteiger partial charge in [-0.25, -0.2) is 12.8 Å². The van der Waals surface area contributed by atoms with Crippen LogP contribution in [0.2, 0.25) is 0 Å². The summed E-state index contributed by atoms with van der Waals surface area (Å²) < 4.78 is 52.7. The molecular formula is C26H32FN3O6S. The zero-order chi connectivity index (χ0) is 26.6. The van der Waals surface area contributed by atoms with Crippen molar-refractivity contribution in [3.05, 3.63) is 47.1 Å². The van der Waals surface area contributed by atoms with Gasteiger partial charge in [0.15, 0.2) is 10.7 Å². The number of nitrogens with zero attached hydrogens (tertiary/aromatic N) is 3. The van der Waals surface area contributed by atoms with Crippen LogP contribution in [0, 0.1) is 24.6 Å². The van der Waals surface area contributed by atoms with E-state index in [0.717, 1.165) is 6.42 Å². The van der Waals surface area contributed by atoms with E-state index in [4.69, 9.17) is 9.26 Å². The lowest BCUT2D eigenvalue weighted by Gasteiger charge is -2.36. The van der Waals surface area contributed by atoms with E-state index in [-0.39, 0.29) is 53.2 Å². The van der Waals surface area contributed by atoms with E-state index in [1.807, 2.05) is 0 Å². The number of aromatic nitrogens is 1. The molecule has 0 spiro atoms.